The SMILES string of the molecule is CCC(OC(=O)C(=CC(=O)O)C(CC)[Si](OC)(OC)OC)[Si](OC)(OC)OC.[SiH4]. The zero-order chi connectivity index (χ0) is 22.0. The molecular formula is C16H36O10Si3. The van der Waals surface area contributed by atoms with Gasteiger partial charge in [-0.25, -0.2) is 9.59 Å². The van der Waals surface area contributed by atoms with Crippen LogP contribution in [0.3, 0.4) is 0 Å². The summed E-state index contributed by atoms with van der Waals surface area (Å²) >= 11 is 0. The molecule has 0 bridgehead atoms. The van der Waals surface area contributed by atoms with Crippen LogP contribution in [0.2, 0.25) is 5.54 Å². The normalized spacial score (nSPS) is 14.7. The Morgan fingerprint density at radius 2 is 1.24 bits per heavy atom. The number of hydrogen-bond donors (Lipinski definition) is 1. The van der Waals surface area contributed by atoms with Crippen LogP contribution in [0, 0.1) is 0 Å². The van der Waals surface area contributed by atoms with Gasteiger partial charge in [-0.1, -0.05) is 13.8 Å². The number of carbonyl (C=O) groups is 2. The van der Waals surface area contributed by atoms with Gasteiger partial charge in [-0.15, -0.1) is 0 Å². The first kappa shape index (κ1) is 30.3. The van der Waals surface area contributed by atoms with Crippen molar-refractivity contribution < 1.29 is 46.0 Å². The van der Waals surface area contributed by atoms with Crippen molar-refractivity contribution in [1.82, 2.24) is 0 Å². The number of carboxylic acid groups (broad SMARTS) is 1. The van der Waals surface area contributed by atoms with E-state index in [0.717, 1.165) is 6.08 Å². The van der Waals surface area contributed by atoms with Gasteiger partial charge in [0, 0.05) is 48.7 Å². The van der Waals surface area contributed by atoms with E-state index in [4.69, 9.17) is 31.3 Å². The van der Waals surface area contributed by atoms with Gasteiger partial charge in [0.15, 0.2) is 5.73 Å². The van der Waals surface area contributed by atoms with E-state index in [1.165, 1.54) is 42.7 Å². The third-order valence-corrected chi connectivity index (χ3v) is 10.7. The number of esters is 1. The molecule has 0 aliphatic rings. The Morgan fingerprint density at radius 1 is 0.828 bits per heavy atom. The summed E-state index contributed by atoms with van der Waals surface area (Å²) in [7, 11) is 1.67. The molecule has 0 aromatic carbocycles. The Balaban J connectivity index is 0. The molecule has 0 aliphatic carbocycles. The van der Waals surface area contributed by atoms with Gasteiger partial charge >= 0.3 is 29.5 Å². The second-order valence-electron chi connectivity index (χ2n) is 5.63. The van der Waals surface area contributed by atoms with Gasteiger partial charge in [0.05, 0.1) is 11.1 Å². The fourth-order valence-electron chi connectivity index (χ4n) is 3.02. The zero-order valence-corrected chi connectivity index (χ0v) is 19.8. The molecule has 172 valence electrons. The Bertz CT molecular complexity index is 519. The van der Waals surface area contributed by atoms with Crippen LogP contribution in [-0.2, 0) is 40.9 Å². The van der Waals surface area contributed by atoms with Gasteiger partial charge in [0.1, 0.15) is 0 Å². The largest absolute Gasteiger partial charge is 0.543 e. The van der Waals surface area contributed by atoms with Crippen molar-refractivity contribution in [2.45, 2.75) is 38.0 Å². The highest BCUT2D eigenvalue weighted by atomic mass is 28.4. The van der Waals surface area contributed by atoms with Gasteiger partial charge in [-0.05, 0) is 23.8 Å². The predicted molar refractivity (Wildman–Crippen MR) is 115 cm³/mol. The molecule has 0 saturated carbocycles. The number of carbonyl (C=O) groups excluding carboxylic acids is 1. The fraction of sp³-hybridized carbons (Fsp3) is 0.750. The quantitative estimate of drug-likeness (QED) is 0.209. The van der Waals surface area contributed by atoms with E-state index in [0.29, 0.717) is 12.8 Å². The second-order valence-corrected chi connectivity index (χ2v) is 11.8. The lowest BCUT2D eigenvalue weighted by atomic mass is 10.1. The minimum atomic E-state index is -3.39. The highest BCUT2D eigenvalue weighted by Gasteiger charge is 2.53. The lowest BCUT2D eigenvalue weighted by Crippen LogP contribution is -2.56. The van der Waals surface area contributed by atoms with E-state index >= 15 is 0 Å². The molecule has 0 aromatic rings. The molecule has 0 radical (unpaired) electrons. The van der Waals surface area contributed by atoms with Gasteiger partial charge in [0.2, 0.25) is 0 Å². The maximum atomic E-state index is 13.0. The van der Waals surface area contributed by atoms with Crippen molar-refractivity contribution in [3.8, 4) is 0 Å². The van der Waals surface area contributed by atoms with Crippen LogP contribution in [-0.4, -0.2) is 94.0 Å². The Morgan fingerprint density at radius 3 is 1.52 bits per heavy atom. The maximum absolute atomic E-state index is 13.0. The smallest absolute Gasteiger partial charge is 0.478 e. The van der Waals surface area contributed by atoms with E-state index in [1.807, 2.05) is 0 Å². The molecule has 0 heterocycles. The van der Waals surface area contributed by atoms with Crippen molar-refractivity contribution >= 4 is 40.5 Å². The number of rotatable bonds is 14. The summed E-state index contributed by atoms with van der Waals surface area (Å²) in [5.41, 5.74) is -1.72. The molecule has 0 spiro atoms. The first-order valence-corrected chi connectivity index (χ1v) is 12.3. The van der Waals surface area contributed by atoms with Crippen LogP contribution in [0.15, 0.2) is 11.6 Å². The number of aliphatic carboxylic acids is 1. The minimum Gasteiger partial charge on any atom is -0.478 e. The molecule has 0 saturated heterocycles. The topological polar surface area (TPSA) is 119 Å². The third kappa shape index (κ3) is 7.08. The second kappa shape index (κ2) is 14.2. The first-order chi connectivity index (χ1) is 13.2. The lowest BCUT2D eigenvalue weighted by molar-refractivity contribution is -0.145. The zero-order valence-electron chi connectivity index (χ0n) is 17.8. The Hall–Kier alpha value is -0.909. The van der Waals surface area contributed by atoms with Crippen molar-refractivity contribution in [3.05, 3.63) is 11.6 Å². The molecule has 0 fully saturated rings. The van der Waals surface area contributed by atoms with Crippen LogP contribution in [0.5, 0.6) is 0 Å². The van der Waals surface area contributed by atoms with Crippen molar-refractivity contribution in [3.63, 3.8) is 0 Å². The van der Waals surface area contributed by atoms with Gasteiger partial charge in [-0.3, -0.25) is 0 Å². The van der Waals surface area contributed by atoms with E-state index in [9.17, 15) is 14.7 Å². The summed E-state index contributed by atoms with van der Waals surface area (Å²) in [6, 6.07) is 0. The minimum absolute atomic E-state index is 0. The molecule has 0 rings (SSSR count). The van der Waals surface area contributed by atoms with E-state index in [2.05, 4.69) is 0 Å². The summed E-state index contributed by atoms with van der Waals surface area (Å²) in [5.74, 6) is -2.16. The Kier molecular flexibility index (Phi) is 14.8. The molecule has 29 heavy (non-hydrogen) atoms. The van der Waals surface area contributed by atoms with E-state index in [1.54, 1.807) is 13.8 Å². The molecular weight excluding hydrogens is 436 g/mol. The number of hydrogen-bond acceptors (Lipinski definition) is 9. The monoisotopic (exact) mass is 472 g/mol. The van der Waals surface area contributed by atoms with Gasteiger partial charge in [0.25, 0.3) is 0 Å². The summed E-state index contributed by atoms with van der Waals surface area (Å²) in [6.07, 6.45) is 1.46. The number of ether oxygens (including phenoxy) is 1. The molecule has 0 aliphatic heterocycles. The highest BCUT2D eigenvalue weighted by molar-refractivity contribution is 6.64. The number of carboxylic acids is 1. The summed E-state index contributed by atoms with van der Waals surface area (Å²) in [5, 5.41) is 9.29. The van der Waals surface area contributed by atoms with Crippen molar-refractivity contribution in [2.24, 2.45) is 0 Å². The molecule has 10 nitrogen and oxygen atoms in total. The van der Waals surface area contributed by atoms with Crippen molar-refractivity contribution in [1.29, 1.82) is 0 Å². The summed E-state index contributed by atoms with van der Waals surface area (Å²) in [6.45, 7) is 3.54. The van der Waals surface area contributed by atoms with Crippen LogP contribution in [0.1, 0.15) is 26.7 Å². The third-order valence-electron chi connectivity index (χ3n) is 4.45. The Labute approximate surface area is 179 Å². The molecule has 0 amide bonds. The van der Waals surface area contributed by atoms with Gasteiger partial charge < -0.3 is 36.4 Å². The van der Waals surface area contributed by atoms with E-state index < -0.39 is 40.8 Å². The molecule has 2 unspecified atom stereocenters. The average molecular weight is 473 g/mol. The predicted octanol–water partition coefficient (Wildman–Crippen LogP) is -0.0568. The molecule has 2 atom stereocenters. The van der Waals surface area contributed by atoms with E-state index in [-0.39, 0.29) is 16.5 Å². The maximum Gasteiger partial charge on any atom is 0.543 e. The molecule has 13 heteroatoms. The highest BCUT2D eigenvalue weighted by Crippen LogP contribution is 2.36. The van der Waals surface area contributed by atoms with Crippen LogP contribution in [0.25, 0.3) is 0 Å². The first-order valence-electron chi connectivity index (χ1n) is 8.67. The van der Waals surface area contributed by atoms with Crippen LogP contribution < -0.4 is 0 Å². The average Bonchev–Trinajstić information content (AvgIpc) is 2.71. The summed E-state index contributed by atoms with van der Waals surface area (Å²) in [4.78, 5) is 24.4. The summed E-state index contributed by atoms with van der Waals surface area (Å²) < 4.78 is 38.1. The van der Waals surface area contributed by atoms with Crippen LogP contribution >= 0.6 is 0 Å². The lowest BCUT2D eigenvalue weighted by Gasteiger charge is -2.34. The molecule has 1 N–H and O–H groups in total. The van der Waals surface area contributed by atoms with Crippen molar-refractivity contribution in [2.75, 3.05) is 42.7 Å². The molecule has 0 aromatic heterocycles. The van der Waals surface area contributed by atoms with Gasteiger partial charge in [-0.2, -0.15) is 0 Å². The van der Waals surface area contributed by atoms with Crippen LogP contribution in [0.4, 0.5) is 0 Å². The fourth-order valence-corrected chi connectivity index (χ4v) is 7.49. The standard InChI is InChI=1S/C16H32O10Si2.H4Si/c1-9-13(27(20-3,21-4)22-5)12(11-14(17)18)16(19)26-15(10-2)28(23-6,24-7)25-8;/h11,13,15H,9-10H2,1-8H3,(H,17,18);1H4.